The Morgan fingerprint density at radius 1 is 1.22 bits per heavy atom. The number of hydrogen-bond donors (Lipinski definition) is 2. The third-order valence-electron chi connectivity index (χ3n) is 4.17. The Labute approximate surface area is 157 Å². The van der Waals surface area contributed by atoms with E-state index >= 15 is 0 Å². The minimum Gasteiger partial charge on any atom is -0.488 e. The van der Waals surface area contributed by atoms with Crippen molar-refractivity contribution in [3.63, 3.8) is 0 Å². The highest BCUT2D eigenvalue weighted by molar-refractivity contribution is 5.79. The van der Waals surface area contributed by atoms with Gasteiger partial charge in [-0.25, -0.2) is 8.78 Å². The summed E-state index contributed by atoms with van der Waals surface area (Å²) in [5, 5.41) is 6.46. The first-order valence-electron chi connectivity index (χ1n) is 8.83. The molecule has 2 aromatic carbocycles. The smallest absolute Gasteiger partial charge is 0.272 e. The van der Waals surface area contributed by atoms with E-state index in [1.165, 1.54) is 5.56 Å². The fourth-order valence-electron chi connectivity index (χ4n) is 2.89. The lowest BCUT2D eigenvalue weighted by molar-refractivity contribution is 0.0818. The van der Waals surface area contributed by atoms with Crippen LogP contribution in [-0.2, 0) is 13.0 Å². The van der Waals surface area contributed by atoms with E-state index in [4.69, 9.17) is 9.47 Å². The van der Waals surface area contributed by atoms with Gasteiger partial charge in [-0.15, -0.1) is 0 Å². The zero-order valence-corrected chi connectivity index (χ0v) is 15.1. The molecule has 0 saturated heterocycles. The van der Waals surface area contributed by atoms with Crippen LogP contribution in [0.5, 0.6) is 11.5 Å². The molecule has 27 heavy (non-hydrogen) atoms. The number of guanidine groups is 1. The van der Waals surface area contributed by atoms with Gasteiger partial charge in [0.2, 0.25) is 0 Å². The minimum atomic E-state index is -2.49. The number of para-hydroxylation sites is 1. The highest BCUT2D eigenvalue weighted by Gasteiger charge is 2.22. The maximum Gasteiger partial charge on any atom is 0.272 e. The van der Waals surface area contributed by atoms with E-state index in [0.29, 0.717) is 24.8 Å². The van der Waals surface area contributed by atoms with Gasteiger partial charge in [-0.3, -0.25) is 4.99 Å². The highest BCUT2D eigenvalue weighted by atomic mass is 19.3. The number of nitrogens with one attached hydrogen (secondary N) is 2. The molecule has 0 amide bonds. The predicted octanol–water partition coefficient (Wildman–Crippen LogP) is 3.00. The topological polar surface area (TPSA) is 54.9 Å². The number of benzene rings is 2. The van der Waals surface area contributed by atoms with E-state index in [1.54, 1.807) is 25.2 Å². The van der Waals surface area contributed by atoms with Crippen molar-refractivity contribution in [2.45, 2.75) is 25.5 Å². The van der Waals surface area contributed by atoms with Gasteiger partial charge in [0, 0.05) is 20.0 Å². The van der Waals surface area contributed by atoms with Crippen molar-refractivity contribution in [2.24, 2.45) is 4.99 Å². The van der Waals surface area contributed by atoms with E-state index in [9.17, 15) is 8.78 Å². The lowest BCUT2D eigenvalue weighted by Crippen LogP contribution is -2.41. The van der Waals surface area contributed by atoms with Crippen LogP contribution in [0.2, 0.25) is 0 Å². The van der Waals surface area contributed by atoms with Gasteiger partial charge in [-0.05, 0) is 29.3 Å². The molecule has 1 heterocycles. The second-order valence-electron chi connectivity index (χ2n) is 6.21. The molecule has 0 aliphatic carbocycles. The largest absolute Gasteiger partial charge is 0.488 e. The lowest BCUT2D eigenvalue weighted by Gasteiger charge is -2.16. The third kappa shape index (κ3) is 5.57. The first-order chi connectivity index (χ1) is 13.1. The van der Waals surface area contributed by atoms with Crippen LogP contribution in [0.3, 0.4) is 0 Å². The number of alkyl halides is 2. The zero-order chi connectivity index (χ0) is 19.1. The maximum absolute atomic E-state index is 12.2. The molecule has 2 aromatic rings. The fraction of sp³-hybridized carbons (Fsp3) is 0.350. The second-order valence-corrected chi connectivity index (χ2v) is 6.21. The molecule has 1 unspecified atom stereocenters. The van der Waals surface area contributed by atoms with E-state index in [2.05, 4.69) is 21.7 Å². The number of fused-ring (bicyclic) bond motifs is 1. The number of aliphatic imine (C=N–C) groups is 1. The monoisotopic (exact) mass is 375 g/mol. The molecule has 0 saturated carbocycles. The van der Waals surface area contributed by atoms with Gasteiger partial charge in [0.1, 0.15) is 24.2 Å². The molecule has 1 aliphatic heterocycles. The summed E-state index contributed by atoms with van der Waals surface area (Å²) in [7, 11) is 1.70. The summed E-state index contributed by atoms with van der Waals surface area (Å²) in [5.74, 6) is 2.01. The van der Waals surface area contributed by atoms with Crippen LogP contribution in [0.1, 0.15) is 11.1 Å². The molecule has 0 radical (unpaired) electrons. The van der Waals surface area contributed by atoms with E-state index < -0.39 is 13.0 Å². The Morgan fingerprint density at radius 3 is 2.85 bits per heavy atom. The summed E-state index contributed by atoms with van der Waals surface area (Å²) >= 11 is 0. The molecule has 3 rings (SSSR count). The molecule has 0 fully saturated rings. The molecule has 144 valence electrons. The SMILES string of the molecule is CN=C(NCc1cccc(OCC(F)F)c1)NCC1Cc2ccccc2O1. The van der Waals surface area contributed by atoms with Crippen molar-refractivity contribution in [3.05, 3.63) is 59.7 Å². The number of hydrogen-bond acceptors (Lipinski definition) is 3. The third-order valence-corrected chi connectivity index (χ3v) is 4.17. The van der Waals surface area contributed by atoms with Crippen LogP contribution in [0.15, 0.2) is 53.5 Å². The maximum atomic E-state index is 12.2. The number of rotatable bonds is 7. The van der Waals surface area contributed by atoms with E-state index in [1.807, 2.05) is 24.3 Å². The van der Waals surface area contributed by atoms with Gasteiger partial charge in [0.05, 0.1) is 6.54 Å². The molecular formula is C20H23F2N3O2. The Balaban J connectivity index is 1.45. The van der Waals surface area contributed by atoms with Crippen molar-refractivity contribution in [1.29, 1.82) is 0 Å². The molecule has 1 atom stereocenters. The Hall–Kier alpha value is -2.83. The summed E-state index contributed by atoms with van der Waals surface area (Å²) in [6.45, 7) is 0.521. The van der Waals surface area contributed by atoms with Crippen LogP contribution in [-0.4, -0.2) is 38.7 Å². The molecule has 1 aliphatic rings. The van der Waals surface area contributed by atoms with Gasteiger partial charge >= 0.3 is 0 Å². The van der Waals surface area contributed by atoms with Crippen molar-refractivity contribution >= 4 is 5.96 Å². The van der Waals surface area contributed by atoms with Gasteiger partial charge in [0.15, 0.2) is 5.96 Å². The average Bonchev–Trinajstić information content (AvgIpc) is 3.10. The van der Waals surface area contributed by atoms with Gasteiger partial charge in [-0.1, -0.05) is 30.3 Å². The van der Waals surface area contributed by atoms with Crippen molar-refractivity contribution < 1.29 is 18.3 Å². The standard InChI is InChI=1S/C20H23F2N3O2/c1-23-20(25-12-17-10-15-6-2-3-8-18(15)27-17)24-11-14-5-4-7-16(9-14)26-13-19(21)22/h2-9,17,19H,10-13H2,1H3,(H2,23,24,25). The first kappa shape index (κ1) is 18.9. The molecule has 0 spiro atoms. The number of halogens is 2. The molecule has 5 nitrogen and oxygen atoms in total. The quantitative estimate of drug-likeness (QED) is 0.577. The molecule has 7 heteroatoms. The molecule has 0 bridgehead atoms. The van der Waals surface area contributed by atoms with E-state index in [0.717, 1.165) is 17.7 Å². The summed E-state index contributed by atoms with van der Waals surface area (Å²) in [4.78, 5) is 4.20. The lowest BCUT2D eigenvalue weighted by atomic mass is 10.1. The van der Waals surface area contributed by atoms with Crippen molar-refractivity contribution in [1.82, 2.24) is 10.6 Å². The predicted molar refractivity (Wildman–Crippen MR) is 101 cm³/mol. The second kappa shape index (κ2) is 9.21. The highest BCUT2D eigenvalue weighted by Crippen LogP contribution is 2.27. The van der Waals surface area contributed by atoms with Crippen LogP contribution in [0, 0.1) is 0 Å². The van der Waals surface area contributed by atoms with Crippen molar-refractivity contribution in [2.75, 3.05) is 20.2 Å². The normalized spacial score (nSPS) is 16.0. The fourth-order valence-corrected chi connectivity index (χ4v) is 2.89. The van der Waals surface area contributed by atoms with Crippen molar-refractivity contribution in [3.8, 4) is 11.5 Å². The van der Waals surface area contributed by atoms with Gasteiger partial charge in [0.25, 0.3) is 6.43 Å². The van der Waals surface area contributed by atoms with Crippen LogP contribution in [0.4, 0.5) is 8.78 Å². The van der Waals surface area contributed by atoms with Crippen LogP contribution in [0.25, 0.3) is 0 Å². The van der Waals surface area contributed by atoms with Gasteiger partial charge < -0.3 is 20.1 Å². The molecule has 0 aromatic heterocycles. The van der Waals surface area contributed by atoms with Crippen LogP contribution >= 0.6 is 0 Å². The number of nitrogens with zero attached hydrogens (tertiary/aromatic N) is 1. The summed E-state index contributed by atoms with van der Waals surface area (Å²) in [6, 6.07) is 15.1. The summed E-state index contributed by atoms with van der Waals surface area (Å²) in [5.41, 5.74) is 2.13. The first-order valence-corrected chi connectivity index (χ1v) is 8.83. The zero-order valence-electron chi connectivity index (χ0n) is 15.1. The Bertz CT molecular complexity index is 758. The number of ether oxygens (including phenoxy) is 2. The van der Waals surface area contributed by atoms with Gasteiger partial charge in [-0.2, -0.15) is 0 Å². The Kier molecular flexibility index (Phi) is 6.46. The Morgan fingerprint density at radius 2 is 2.07 bits per heavy atom. The summed E-state index contributed by atoms with van der Waals surface area (Å²) in [6.07, 6.45) is -1.56. The molecular weight excluding hydrogens is 352 g/mol. The van der Waals surface area contributed by atoms with E-state index in [-0.39, 0.29) is 6.10 Å². The minimum absolute atomic E-state index is 0.0621. The summed E-state index contributed by atoms with van der Waals surface area (Å²) < 4.78 is 35.4. The average molecular weight is 375 g/mol. The van der Waals surface area contributed by atoms with Crippen LogP contribution < -0.4 is 20.1 Å². The molecule has 2 N–H and O–H groups in total.